The van der Waals surface area contributed by atoms with Crippen LogP contribution in [0.15, 0.2) is 50.9 Å². The van der Waals surface area contributed by atoms with E-state index in [-0.39, 0.29) is 0 Å². The van der Waals surface area contributed by atoms with Crippen LogP contribution in [0.5, 0.6) is 0 Å². The van der Waals surface area contributed by atoms with Gasteiger partial charge in [0.15, 0.2) is 11.6 Å². The molecule has 0 saturated heterocycles. The SMILES string of the molecule is Cc1oc(-c2cccs2)nc1CN1CCc2nc(-c3ccco3)ncc2C1. The summed E-state index contributed by atoms with van der Waals surface area (Å²) in [6, 6.07) is 7.78. The van der Waals surface area contributed by atoms with Gasteiger partial charge in [0, 0.05) is 37.8 Å². The van der Waals surface area contributed by atoms with Crippen LogP contribution in [0, 0.1) is 6.92 Å². The molecule has 4 aromatic rings. The van der Waals surface area contributed by atoms with Gasteiger partial charge in [0.25, 0.3) is 0 Å². The molecule has 0 fully saturated rings. The van der Waals surface area contributed by atoms with E-state index in [2.05, 4.69) is 14.9 Å². The van der Waals surface area contributed by atoms with Gasteiger partial charge in [0.1, 0.15) is 5.76 Å². The summed E-state index contributed by atoms with van der Waals surface area (Å²) in [4.78, 5) is 17.3. The van der Waals surface area contributed by atoms with Crippen molar-refractivity contribution in [2.24, 2.45) is 0 Å². The van der Waals surface area contributed by atoms with E-state index >= 15 is 0 Å². The van der Waals surface area contributed by atoms with E-state index in [0.717, 1.165) is 53.6 Å². The van der Waals surface area contributed by atoms with Gasteiger partial charge < -0.3 is 8.83 Å². The van der Waals surface area contributed by atoms with E-state index < -0.39 is 0 Å². The van der Waals surface area contributed by atoms with Crippen molar-refractivity contribution in [2.45, 2.75) is 26.4 Å². The molecule has 7 heteroatoms. The first-order valence-electron chi connectivity index (χ1n) is 8.87. The second kappa shape index (κ2) is 6.75. The highest BCUT2D eigenvalue weighted by Crippen LogP contribution is 2.27. The van der Waals surface area contributed by atoms with Gasteiger partial charge in [0.2, 0.25) is 5.89 Å². The van der Waals surface area contributed by atoms with Crippen LogP contribution in [0.2, 0.25) is 0 Å². The van der Waals surface area contributed by atoms with Crippen LogP contribution < -0.4 is 0 Å². The van der Waals surface area contributed by atoms with Crippen LogP contribution in [-0.4, -0.2) is 26.4 Å². The largest absolute Gasteiger partial charge is 0.461 e. The third-order valence-corrected chi connectivity index (χ3v) is 5.61. The quantitative estimate of drug-likeness (QED) is 0.527. The van der Waals surface area contributed by atoms with Crippen LogP contribution in [0.1, 0.15) is 22.7 Å². The molecular formula is C20H18N4O2S. The molecule has 136 valence electrons. The van der Waals surface area contributed by atoms with Gasteiger partial charge in [-0.25, -0.2) is 15.0 Å². The number of furan rings is 1. The zero-order chi connectivity index (χ0) is 18.2. The van der Waals surface area contributed by atoms with Crippen molar-refractivity contribution < 1.29 is 8.83 Å². The fourth-order valence-corrected chi connectivity index (χ4v) is 3.98. The number of aryl methyl sites for hydroxylation is 1. The van der Waals surface area contributed by atoms with Crippen molar-refractivity contribution in [1.82, 2.24) is 19.9 Å². The van der Waals surface area contributed by atoms with Crippen LogP contribution in [0.3, 0.4) is 0 Å². The summed E-state index contributed by atoms with van der Waals surface area (Å²) >= 11 is 1.64. The Kier molecular flexibility index (Phi) is 4.10. The lowest BCUT2D eigenvalue weighted by atomic mass is 10.1. The normalized spacial score (nSPS) is 14.4. The Morgan fingerprint density at radius 2 is 2.19 bits per heavy atom. The van der Waals surface area contributed by atoms with Gasteiger partial charge in [-0.1, -0.05) is 6.07 Å². The van der Waals surface area contributed by atoms with Gasteiger partial charge in [-0.3, -0.25) is 4.90 Å². The first kappa shape index (κ1) is 16.4. The van der Waals surface area contributed by atoms with E-state index in [1.165, 1.54) is 0 Å². The van der Waals surface area contributed by atoms with Crippen molar-refractivity contribution in [1.29, 1.82) is 0 Å². The Morgan fingerprint density at radius 3 is 3.00 bits per heavy atom. The molecule has 0 N–H and O–H groups in total. The smallest absolute Gasteiger partial charge is 0.236 e. The summed E-state index contributed by atoms with van der Waals surface area (Å²) in [5, 5.41) is 2.03. The number of rotatable bonds is 4. The first-order valence-corrected chi connectivity index (χ1v) is 9.75. The summed E-state index contributed by atoms with van der Waals surface area (Å²) < 4.78 is 11.3. The first-order chi connectivity index (χ1) is 13.3. The molecule has 0 aliphatic carbocycles. The Morgan fingerprint density at radius 1 is 1.22 bits per heavy atom. The van der Waals surface area contributed by atoms with E-state index in [0.29, 0.717) is 17.5 Å². The van der Waals surface area contributed by atoms with E-state index in [9.17, 15) is 0 Å². The van der Waals surface area contributed by atoms with Crippen LogP contribution in [0.4, 0.5) is 0 Å². The highest BCUT2D eigenvalue weighted by atomic mass is 32.1. The minimum absolute atomic E-state index is 0.653. The molecule has 0 bridgehead atoms. The summed E-state index contributed by atoms with van der Waals surface area (Å²) in [6.07, 6.45) is 4.45. The van der Waals surface area contributed by atoms with Gasteiger partial charge in [-0.15, -0.1) is 11.3 Å². The van der Waals surface area contributed by atoms with Crippen LogP contribution >= 0.6 is 11.3 Å². The Balaban J connectivity index is 1.33. The molecule has 0 amide bonds. The monoisotopic (exact) mass is 378 g/mol. The molecule has 1 aliphatic rings. The number of hydrogen-bond donors (Lipinski definition) is 0. The van der Waals surface area contributed by atoms with Crippen LogP contribution in [0.25, 0.3) is 22.4 Å². The highest BCUT2D eigenvalue weighted by Gasteiger charge is 2.22. The standard InChI is InChI=1S/C20H18N4O2S/c1-13-16(23-20(26-13)18-5-3-9-27-18)12-24-7-6-15-14(11-24)10-21-19(22-15)17-4-2-8-25-17/h2-5,8-10H,6-7,11-12H2,1H3. The maximum absolute atomic E-state index is 5.86. The van der Waals surface area contributed by atoms with Gasteiger partial charge in [0.05, 0.1) is 22.5 Å². The molecule has 0 unspecified atom stereocenters. The molecule has 0 atom stereocenters. The third-order valence-electron chi connectivity index (χ3n) is 4.75. The number of oxazole rings is 1. The lowest BCUT2D eigenvalue weighted by molar-refractivity contribution is 0.239. The molecule has 4 aromatic heterocycles. The second-order valence-corrected chi connectivity index (χ2v) is 7.55. The maximum Gasteiger partial charge on any atom is 0.236 e. The number of nitrogens with zero attached hydrogens (tertiary/aromatic N) is 4. The zero-order valence-electron chi connectivity index (χ0n) is 14.9. The number of fused-ring (bicyclic) bond motifs is 1. The predicted octanol–water partition coefficient (Wildman–Crippen LogP) is 4.32. The highest BCUT2D eigenvalue weighted by molar-refractivity contribution is 7.13. The van der Waals surface area contributed by atoms with Crippen molar-refractivity contribution >= 4 is 11.3 Å². The summed E-state index contributed by atoms with van der Waals surface area (Å²) in [5.74, 6) is 2.95. The molecule has 0 radical (unpaired) electrons. The Bertz CT molecular complexity index is 1050. The molecule has 6 nitrogen and oxygen atoms in total. The van der Waals surface area contributed by atoms with Crippen LogP contribution in [-0.2, 0) is 19.5 Å². The Labute approximate surface area is 160 Å². The fourth-order valence-electron chi connectivity index (χ4n) is 3.33. The molecular weight excluding hydrogens is 360 g/mol. The Hall–Kier alpha value is -2.77. The molecule has 27 heavy (non-hydrogen) atoms. The molecule has 1 aliphatic heterocycles. The lowest BCUT2D eigenvalue weighted by Gasteiger charge is -2.27. The van der Waals surface area contributed by atoms with Crippen molar-refractivity contribution in [3.05, 3.63) is 64.8 Å². The summed E-state index contributed by atoms with van der Waals surface area (Å²) in [7, 11) is 0. The average molecular weight is 378 g/mol. The average Bonchev–Trinajstić information content (AvgIpc) is 3.44. The van der Waals surface area contributed by atoms with E-state index in [1.807, 2.05) is 42.8 Å². The van der Waals surface area contributed by atoms with Crippen molar-refractivity contribution in [2.75, 3.05) is 6.54 Å². The lowest BCUT2D eigenvalue weighted by Crippen LogP contribution is -2.31. The molecule has 5 heterocycles. The number of thiophene rings is 1. The molecule has 5 rings (SSSR count). The predicted molar refractivity (Wildman–Crippen MR) is 102 cm³/mol. The van der Waals surface area contributed by atoms with Gasteiger partial charge in [-0.05, 0) is 30.5 Å². The topological polar surface area (TPSA) is 68.2 Å². The van der Waals surface area contributed by atoms with Gasteiger partial charge in [-0.2, -0.15) is 0 Å². The fraction of sp³-hybridized carbons (Fsp3) is 0.250. The summed E-state index contributed by atoms with van der Waals surface area (Å²) in [6.45, 7) is 4.49. The van der Waals surface area contributed by atoms with Crippen molar-refractivity contribution in [3.63, 3.8) is 0 Å². The number of aromatic nitrogens is 3. The van der Waals surface area contributed by atoms with E-state index in [1.54, 1.807) is 17.6 Å². The summed E-state index contributed by atoms with van der Waals surface area (Å²) in [5.41, 5.74) is 3.26. The number of hydrogen-bond acceptors (Lipinski definition) is 7. The zero-order valence-corrected chi connectivity index (χ0v) is 15.7. The minimum atomic E-state index is 0.653. The molecule has 0 saturated carbocycles. The minimum Gasteiger partial charge on any atom is -0.461 e. The van der Waals surface area contributed by atoms with Gasteiger partial charge >= 0.3 is 0 Å². The second-order valence-electron chi connectivity index (χ2n) is 6.60. The molecule has 0 aromatic carbocycles. The third kappa shape index (κ3) is 3.20. The maximum atomic E-state index is 5.86. The van der Waals surface area contributed by atoms with Crippen molar-refractivity contribution in [3.8, 4) is 22.4 Å². The van der Waals surface area contributed by atoms with E-state index in [4.69, 9.17) is 13.8 Å². The molecule has 0 spiro atoms.